The number of rotatable bonds is 1. The van der Waals surface area contributed by atoms with Gasteiger partial charge in [0.05, 0.1) is 5.29 Å². The standard InChI is InChI=1S/C2H3Cl.CH3N3O2/c1-2-3;2-1(5)3-4-6/h2H,1H2;(H3,2,3,5,6). The lowest BCUT2D eigenvalue weighted by Crippen LogP contribution is -2.23. The number of carbonyl (C=O) groups is 1. The summed E-state index contributed by atoms with van der Waals surface area (Å²) in [5.41, 5.74) is 7.00. The fourth-order valence-corrected chi connectivity index (χ4v) is 0.0450. The van der Waals surface area contributed by atoms with Crippen LogP contribution < -0.4 is 11.2 Å². The maximum absolute atomic E-state index is 9.42. The molecule has 0 aromatic heterocycles. The summed E-state index contributed by atoms with van der Waals surface area (Å²) in [5.74, 6) is 0. The Morgan fingerprint density at radius 1 is 1.89 bits per heavy atom. The monoisotopic (exact) mass is 151 g/mol. The number of halogens is 1. The first-order chi connectivity index (χ1) is 4.18. The number of hydrogen-bond donors (Lipinski definition) is 2. The van der Waals surface area contributed by atoms with Crippen molar-refractivity contribution in [2.45, 2.75) is 0 Å². The molecule has 0 radical (unpaired) electrons. The van der Waals surface area contributed by atoms with E-state index in [2.05, 4.69) is 12.3 Å². The fourth-order valence-electron chi connectivity index (χ4n) is 0.0450. The molecule has 0 fully saturated rings. The average molecular weight is 152 g/mol. The number of carbonyl (C=O) groups excluding carboxylic acids is 1. The molecule has 52 valence electrons. The number of nitrogens with zero attached hydrogens (tertiary/aromatic N) is 1. The lowest BCUT2D eigenvalue weighted by molar-refractivity contribution is 0.249. The molecule has 0 saturated heterocycles. The van der Waals surface area contributed by atoms with Crippen molar-refractivity contribution in [1.29, 1.82) is 0 Å². The summed E-state index contributed by atoms with van der Waals surface area (Å²) in [7, 11) is 0. The highest BCUT2D eigenvalue weighted by molar-refractivity contribution is 6.25. The molecule has 0 aromatic carbocycles. The molecule has 0 bridgehead atoms. The maximum atomic E-state index is 9.42. The van der Waals surface area contributed by atoms with Gasteiger partial charge in [0.25, 0.3) is 0 Å². The van der Waals surface area contributed by atoms with E-state index in [1.54, 1.807) is 0 Å². The van der Waals surface area contributed by atoms with Gasteiger partial charge in [0, 0.05) is 0 Å². The molecular weight excluding hydrogens is 146 g/mol. The van der Waals surface area contributed by atoms with E-state index in [9.17, 15) is 4.79 Å². The topological polar surface area (TPSA) is 84.6 Å². The van der Waals surface area contributed by atoms with E-state index < -0.39 is 6.03 Å². The Bertz CT molecular complexity index is 105. The van der Waals surface area contributed by atoms with Gasteiger partial charge >= 0.3 is 6.03 Å². The Kier molecular flexibility index (Phi) is 12.0. The van der Waals surface area contributed by atoms with Gasteiger partial charge in [0.1, 0.15) is 0 Å². The summed E-state index contributed by atoms with van der Waals surface area (Å²) in [4.78, 5) is 18.4. The predicted molar refractivity (Wildman–Crippen MR) is 34.6 cm³/mol. The van der Waals surface area contributed by atoms with E-state index in [4.69, 9.17) is 16.5 Å². The highest BCUT2D eigenvalue weighted by Gasteiger charge is 1.80. The molecule has 0 aliphatic heterocycles. The van der Waals surface area contributed by atoms with Gasteiger partial charge in [0.2, 0.25) is 0 Å². The van der Waals surface area contributed by atoms with Gasteiger partial charge in [-0.15, -0.1) is 4.91 Å². The molecule has 6 heteroatoms. The lowest BCUT2D eigenvalue weighted by Gasteiger charge is -1.77. The fraction of sp³-hybridized carbons (Fsp3) is 0. The predicted octanol–water partition coefficient (Wildman–Crippen LogP) is 0.705. The van der Waals surface area contributed by atoms with Crippen LogP contribution in [0.5, 0.6) is 0 Å². The average Bonchev–Trinajstić information content (AvgIpc) is 1.67. The molecule has 0 atom stereocenters. The molecule has 5 nitrogen and oxygen atoms in total. The third kappa shape index (κ3) is 45.9. The molecule has 3 N–H and O–H groups in total. The molecule has 0 spiro atoms. The minimum atomic E-state index is -0.940. The largest absolute Gasteiger partial charge is 0.350 e. The van der Waals surface area contributed by atoms with E-state index in [0.29, 0.717) is 0 Å². The Morgan fingerprint density at radius 3 is 2.22 bits per heavy atom. The van der Waals surface area contributed by atoms with Crippen LogP contribution in [0, 0.1) is 4.91 Å². The van der Waals surface area contributed by atoms with Crippen LogP contribution in [0.15, 0.2) is 17.4 Å². The highest BCUT2D eigenvalue weighted by atomic mass is 35.5. The van der Waals surface area contributed by atoms with Crippen LogP contribution in [0.2, 0.25) is 0 Å². The summed E-state index contributed by atoms with van der Waals surface area (Å²) in [5, 5.41) is 1.96. The van der Waals surface area contributed by atoms with Gasteiger partial charge in [-0.1, -0.05) is 18.2 Å². The van der Waals surface area contributed by atoms with Crippen molar-refractivity contribution in [1.82, 2.24) is 5.43 Å². The summed E-state index contributed by atoms with van der Waals surface area (Å²) in [6.45, 7) is 3.13. The first-order valence-corrected chi connectivity index (χ1v) is 2.21. The number of hydrogen-bond acceptors (Lipinski definition) is 3. The Hall–Kier alpha value is -1.10. The van der Waals surface area contributed by atoms with Gasteiger partial charge in [0.15, 0.2) is 0 Å². The summed E-state index contributed by atoms with van der Waals surface area (Å²) in [6.07, 6.45) is 0. The zero-order valence-electron chi connectivity index (χ0n) is 4.50. The lowest BCUT2D eigenvalue weighted by atomic mass is 11.2. The van der Waals surface area contributed by atoms with E-state index in [1.807, 2.05) is 5.29 Å². The van der Waals surface area contributed by atoms with E-state index in [-0.39, 0.29) is 0 Å². The first kappa shape index (κ1) is 10.8. The van der Waals surface area contributed by atoms with Crippen molar-refractivity contribution in [2.75, 3.05) is 0 Å². The highest BCUT2D eigenvalue weighted by Crippen LogP contribution is 1.60. The second-order valence-electron chi connectivity index (χ2n) is 0.722. The Balaban J connectivity index is 0. The zero-order valence-corrected chi connectivity index (χ0v) is 5.26. The molecule has 0 aliphatic carbocycles. The van der Waals surface area contributed by atoms with Crippen LogP contribution in [0.4, 0.5) is 4.79 Å². The number of nitrogens with one attached hydrogen (secondary N) is 1. The molecule has 0 unspecified atom stereocenters. The van der Waals surface area contributed by atoms with E-state index in [0.717, 1.165) is 0 Å². The number of nitroso groups, excluding NO2 is 1. The molecule has 0 heterocycles. The number of urea groups is 1. The van der Waals surface area contributed by atoms with Crippen LogP contribution in [0.3, 0.4) is 0 Å². The molecular formula is C3H6ClN3O2. The van der Waals surface area contributed by atoms with Gasteiger partial charge in [-0.25, -0.2) is 4.79 Å². The molecule has 0 aliphatic rings. The van der Waals surface area contributed by atoms with E-state index >= 15 is 0 Å². The number of amides is 2. The van der Waals surface area contributed by atoms with Crippen molar-refractivity contribution in [3.8, 4) is 0 Å². The summed E-state index contributed by atoms with van der Waals surface area (Å²) < 4.78 is 0. The van der Waals surface area contributed by atoms with Crippen LogP contribution in [0.25, 0.3) is 0 Å². The van der Waals surface area contributed by atoms with Crippen LogP contribution in [0.1, 0.15) is 0 Å². The zero-order chi connectivity index (χ0) is 7.70. The van der Waals surface area contributed by atoms with Crippen LogP contribution in [-0.2, 0) is 0 Å². The third-order valence-corrected chi connectivity index (χ3v) is 0.156. The van der Waals surface area contributed by atoms with Gasteiger partial charge < -0.3 is 5.73 Å². The molecule has 0 rings (SSSR count). The Labute approximate surface area is 56.8 Å². The van der Waals surface area contributed by atoms with Crippen molar-refractivity contribution in [3.63, 3.8) is 0 Å². The maximum Gasteiger partial charge on any atom is 0.335 e. The molecule has 2 amide bonds. The molecule has 0 aromatic rings. The minimum Gasteiger partial charge on any atom is -0.350 e. The third-order valence-electron chi connectivity index (χ3n) is 0.156. The van der Waals surface area contributed by atoms with Gasteiger partial charge in [-0.3, -0.25) is 0 Å². The van der Waals surface area contributed by atoms with Crippen molar-refractivity contribution < 1.29 is 4.79 Å². The SMILES string of the molecule is C=CCl.NC(=O)NN=O. The number of nitrogens with two attached hydrogens (primary N) is 1. The number of primary amides is 1. The summed E-state index contributed by atoms with van der Waals surface area (Å²) in [6, 6.07) is -0.940. The molecule has 0 saturated carbocycles. The second kappa shape index (κ2) is 10.0. The van der Waals surface area contributed by atoms with Gasteiger partial charge in [-0.05, 0) is 5.54 Å². The van der Waals surface area contributed by atoms with Crippen molar-refractivity contribution >= 4 is 17.6 Å². The minimum absolute atomic E-state index is 0.940. The molecule has 9 heavy (non-hydrogen) atoms. The van der Waals surface area contributed by atoms with Crippen LogP contribution >= 0.6 is 11.6 Å². The normalized spacial score (nSPS) is 5.89. The second-order valence-corrected chi connectivity index (χ2v) is 1.03. The van der Waals surface area contributed by atoms with E-state index in [1.165, 1.54) is 11.0 Å². The van der Waals surface area contributed by atoms with Crippen LogP contribution in [-0.4, -0.2) is 6.03 Å². The summed E-state index contributed by atoms with van der Waals surface area (Å²) >= 11 is 4.76. The van der Waals surface area contributed by atoms with Crippen molar-refractivity contribution in [3.05, 3.63) is 17.0 Å². The van der Waals surface area contributed by atoms with Crippen molar-refractivity contribution in [2.24, 2.45) is 11.0 Å². The quantitative estimate of drug-likeness (QED) is 0.427. The Morgan fingerprint density at radius 2 is 2.22 bits per heavy atom. The van der Waals surface area contributed by atoms with Gasteiger partial charge in [-0.2, -0.15) is 5.43 Å². The smallest absolute Gasteiger partial charge is 0.335 e. The first-order valence-electron chi connectivity index (χ1n) is 1.78.